The lowest BCUT2D eigenvalue weighted by atomic mass is 9.91. The third-order valence-electron chi connectivity index (χ3n) is 5.49. The molecule has 2 aromatic carbocycles. The van der Waals surface area contributed by atoms with Crippen LogP contribution in [-0.2, 0) is 16.1 Å². The van der Waals surface area contributed by atoms with E-state index in [1.807, 2.05) is 36.4 Å². The van der Waals surface area contributed by atoms with Crippen molar-refractivity contribution in [3.05, 3.63) is 48.0 Å². The molecular weight excluding hydrogens is 398 g/mol. The van der Waals surface area contributed by atoms with Crippen LogP contribution in [-0.4, -0.2) is 47.1 Å². The number of hydrogen-bond acceptors (Lipinski definition) is 6. The number of carbonyl (C=O) groups is 2. The Morgan fingerprint density at radius 2 is 2.06 bits per heavy atom. The average molecular weight is 423 g/mol. The summed E-state index contributed by atoms with van der Waals surface area (Å²) in [4.78, 5) is 24.8. The number of aromatic nitrogens is 3. The van der Waals surface area contributed by atoms with E-state index < -0.39 is 6.04 Å². The van der Waals surface area contributed by atoms with Crippen LogP contribution in [0.4, 0.5) is 0 Å². The largest absolute Gasteiger partial charge is 0.497 e. The maximum absolute atomic E-state index is 12.7. The Hall–Kier alpha value is -3.62. The minimum Gasteiger partial charge on any atom is -0.497 e. The fraction of sp³-hybridized carbons (Fsp3) is 0.364. The number of methoxy groups -OCH3 is 2. The van der Waals surface area contributed by atoms with Crippen LogP contribution in [0.3, 0.4) is 0 Å². The van der Waals surface area contributed by atoms with Crippen LogP contribution in [0.25, 0.3) is 11.0 Å². The van der Waals surface area contributed by atoms with E-state index in [0.29, 0.717) is 30.9 Å². The van der Waals surface area contributed by atoms with Gasteiger partial charge in [0.1, 0.15) is 17.0 Å². The number of aryl methyl sites for hydroxylation is 1. The highest BCUT2D eigenvalue weighted by molar-refractivity contribution is 5.80. The molecule has 1 fully saturated rings. The van der Waals surface area contributed by atoms with Crippen molar-refractivity contribution in [1.82, 2.24) is 25.6 Å². The smallest absolute Gasteiger partial charge is 0.222 e. The minimum absolute atomic E-state index is 0.0533. The first kappa shape index (κ1) is 20.6. The molecule has 0 aliphatic carbocycles. The van der Waals surface area contributed by atoms with E-state index in [2.05, 4.69) is 20.9 Å². The van der Waals surface area contributed by atoms with Gasteiger partial charge in [-0.3, -0.25) is 9.59 Å². The second kappa shape index (κ2) is 9.03. The van der Waals surface area contributed by atoms with Gasteiger partial charge in [0.15, 0.2) is 0 Å². The van der Waals surface area contributed by atoms with Gasteiger partial charge in [-0.05, 0) is 30.7 Å². The Morgan fingerprint density at radius 3 is 2.87 bits per heavy atom. The molecule has 2 heterocycles. The second-order valence-corrected chi connectivity index (χ2v) is 7.42. The van der Waals surface area contributed by atoms with Crippen molar-refractivity contribution >= 4 is 22.8 Å². The summed E-state index contributed by atoms with van der Waals surface area (Å²) in [5, 5.41) is 14.3. The molecule has 4 rings (SSSR count). The third-order valence-corrected chi connectivity index (χ3v) is 5.49. The summed E-state index contributed by atoms with van der Waals surface area (Å²) >= 11 is 0. The lowest BCUT2D eigenvalue weighted by Gasteiger charge is -2.34. The zero-order chi connectivity index (χ0) is 21.8. The quantitative estimate of drug-likeness (QED) is 0.602. The van der Waals surface area contributed by atoms with E-state index in [-0.39, 0.29) is 24.3 Å². The molecule has 3 aromatic rings. The van der Waals surface area contributed by atoms with Crippen molar-refractivity contribution in [1.29, 1.82) is 0 Å². The standard InChI is InChI=1S/C22H25N5O4/c1-30-14-7-8-15(19(13-14)31-2)22-17(9-10-20(28)24-22)23-21(29)11-12-27-18-6-4-3-5-16(18)25-26-27/h3-8,13,17,22H,9-12H2,1-2H3,(H,23,29)(H,24,28)/t17-,22-/m0/s1. The van der Waals surface area contributed by atoms with Gasteiger partial charge in [-0.1, -0.05) is 17.3 Å². The molecular formula is C22H25N5O4. The Labute approximate surface area is 179 Å². The Kier molecular flexibility index (Phi) is 6.01. The molecule has 2 atom stereocenters. The Bertz CT molecular complexity index is 1100. The van der Waals surface area contributed by atoms with Crippen LogP contribution in [0.15, 0.2) is 42.5 Å². The summed E-state index contributed by atoms with van der Waals surface area (Å²) in [5.74, 6) is 1.09. The summed E-state index contributed by atoms with van der Waals surface area (Å²) < 4.78 is 12.5. The Morgan fingerprint density at radius 1 is 1.23 bits per heavy atom. The highest BCUT2D eigenvalue weighted by Gasteiger charge is 2.33. The van der Waals surface area contributed by atoms with E-state index in [1.54, 1.807) is 25.0 Å². The summed E-state index contributed by atoms with van der Waals surface area (Å²) in [7, 11) is 3.15. The number of para-hydroxylation sites is 1. The summed E-state index contributed by atoms with van der Waals surface area (Å²) in [6, 6.07) is 12.4. The molecule has 9 heteroatoms. The molecule has 2 amide bonds. The van der Waals surface area contributed by atoms with E-state index in [9.17, 15) is 9.59 Å². The predicted molar refractivity (Wildman–Crippen MR) is 114 cm³/mol. The zero-order valence-corrected chi connectivity index (χ0v) is 17.5. The van der Waals surface area contributed by atoms with Crippen LogP contribution in [0.2, 0.25) is 0 Å². The normalized spacial score (nSPS) is 18.5. The molecule has 31 heavy (non-hydrogen) atoms. The van der Waals surface area contributed by atoms with Gasteiger partial charge in [0, 0.05) is 24.5 Å². The number of nitrogens with one attached hydrogen (secondary N) is 2. The highest BCUT2D eigenvalue weighted by atomic mass is 16.5. The lowest BCUT2D eigenvalue weighted by molar-refractivity contribution is -0.127. The van der Waals surface area contributed by atoms with E-state index in [4.69, 9.17) is 9.47 Å². The van der Waals surface area contributed by atoms with Crippen molar-refractivity contribution in [3.8, 4) is 11.5 Å². The molecule has 0 unspecified atom stereocenters. The van der Waals surface area contributed by atoms with Gasteiger partial charge in [-0.2, -0.15) is 0 Å². The molecule has 1 saturated heterocycles. The van der Waals surface area contributed by atoms with Crippen molar-refractivity contribution < 1.29 is 19.1 Å². The molecule has 0 radical (unpaired) electrons. The first-order valence-electron chi connectivity index (χ1n) is 10.2. The molecule has 2 N–H and O–H groups in total. The number of fused-ring (bicyclic) bond motifs is 1. The first-order chi connectivity index (χ1) is 15.1. The molecule has 9 nitrogen and oxygen atoms in total. The summed E-state index contributed by atoms with van der Waals surface area (Å²) in [6.07, 6.45) is 1.15. The molecule has 162 valence electrons. The number of amides is 2. The molecule has 0 saturated carbocycles. The van der Waals surface area contributed by atoms with Gasteiger partial charge in [0.05, 0.1) is 38.4 Å². The Balaban J connectivity index is 1.47. The fourth-order valence-electron chi connectivity index (χ4n) is 3.89. The molecule has 0 bridgehead atoms. The van der Waals surface area contributed by atoms with E-state index in [0.717, 1.165) is 16.6 Å². The minimum atomic E-state index is -0.391. The number of nitrogens with zero attached hydrogens (tertiary/aromatic N) is 3. The average Bonchev–Trinajstić information content (AvgIpc) is 3.21. The van der Waals surface area contributed by atoms with Gasteiger partial charge in [0.25, 0.3) is 0 Å². The number of ether oxygens (including phenoxy) is 2. The van der Waals surface area contributed by atoms with Gasteiger partial charge < -0.3 is 20.1 Å². The number of benzene rings is 2. The first-order valence-corrected chi connectivity index (χ1v) is 10.2. The maximum Gasteiger partial charge on any atom is 0.222 e. The summed E-state index contributed by atoms with van der Waals surface area (Å²) in [6.45, 7) is 0.419. The van der Waals surface area contributed by atoms with Crippen molar-refractivity contribution in [2.75, 3.05) is 14.2 Å². The molecule has 1 aliphatic rings. The summed E-state index contributed by atoms with van der Waals surface area (Å²) in [5.41, 5.74) is 2.48. The predicted octanol–water partition coefficient (Wildman–Crippen LogP) is 1.97. The zero-order valence-electron chi connectivity index (χ0n) is 17.5. The molecule has 0 spiro atoms. The topological polar surface area (TPSA) is 107 Å². The van der Waals surface area contributed by atoms with Crippen LogP contribution >= 0.6 is 0 Å². The monoisotopic (exact) mass is 423 g/mol. The molecule has 1 aliphatic heterocycles. The van der Waals surface area contributed by atoms with Crippen LogP contribution < -0.4 is 20.1 Å². The van der Waals surface area contributed by atoms with Crippen molar-refractivity contribution in [2.24, 2.45) is 0 Å². The highest BCUT2D eigenvalue weighted by Crippen LogP contribution is 2.34. The van der Waals surface area contributed by atoms with Crippen molar-refractivity contribution in [3.63, 3.8) is 0 Å². The van der Waals surface area contributed by atoms with Gasteiger partial charge >= 0.3 is 0 Å². The lowest BCUT2D eigenvalue weighted by Crippen LogP contribution is -2.50. The van der Waals surface area contributed by atoms with Gasteiger partial charge in [-0.25, -0.2) is 4.68 Å². The number of rotatable bonds is 7. The maximum atomic E-state index is 12.7. The second-order valence-electron chi connectivity index (χ2n) is 7.42. The van der Waals surface area contributed by atoms with Gasteiger partial charge in [0.2, 0.25) is 11.8 Å². The number of hydrogen-bond donors (Lipinski definition) is 2. The molecule has 1 aromatic heterocycles. The van der Waals surface area contributed by atoms with Crippen LogP contribution in [0, 0.1) is 0 Å². The fourth-order valence-corrected chi connectivity index (χ4v) is 3.89. The third kappa shape index (κ3) is 4.45. The van der Waals surface area contributed by atoms with E-state index >= 15 is 0 Å². The number of piperidine rings is 1. The SMILES string of the molecule is COc1ccc([C@@H]2NC(=O)CC[C@@H]2NC(=O)CCn2nnc3ccccc32)c(OC)c1. The van der Waals surface area contributed by atoms with Crippen LogP contribution in [0.5, 0.6) is 11.5 Å². The van der Waals surface area contributed by atoms with Crippen LogP contribution in [0.1, 0.15) is 30.9 Å². The van der Waals surface area contributed by atoms with Crippen molar-refractivity contribution in [2.45, 2.75) is 37.9 Å². The number of carbonyl (C=O) groups excluding carboxylic acids is 2. The van der Waals surface area contributed by atoms with Gasteiger partial charge in [-0.15, -0.1) is 5.10 Å². The van der Waals surface area contributed by atoms with E-state index in [1.165, 1.54) is 0 Å².